The topological polar surface area (TPSA) is 70.3 Å². The van der Waals surface area contributed by atoms with Crippen LogP contribution in [0.4, 0.5) is 0 Å². The van der Waals surface area contributed by atoms with Gasteiger partial charge in [-0.15, -0.1) is 0 Å². The number of hydrogen-bond acceptors (Lipinski definition) is 4. The molecule has 2 aliphatic heterocycles. The van der Waals surface area contributed by atoms with Gasteiger partial charge in [0.05, 0.1) is 5.69 Å². The maximum absolute atomic E-state index is 13.1. The molecule has 0 atom stereocenters. The van der Waals surface area contributed by atoms with Crippen LogP contribution in [0.25, 0.3) is 22.1 Å². The zero-order valence-corrected chi connectivity index (χ0v) is 14.9. The summed E-state index contributed by atoms with van der Waals surface area (Å²) in [7, 11) is 0. The van der Waals surface area contributed by atoms with E-state index in [9.17, 15) is 14.4 Å². The van der Waals surface area contributed by atoms with Gasteiger partial charge in [-0.3, -0.25) is 14.2 Å². The second kappa shape index (κ2) is 6.41. The van der Waals surface area contributed by atoms with Gasteiger partial charge < -0.3 is 4.74 Å². The molecule has 134 valence electrons. The standard InChI is InChI=1S/C20H13ClN2O4/c1-12(24)27-18-16-5-3-2-4-13(16)10-11-22-17(18)19(25)23(20(22)26)15-8-6-14(21)7-9-15/h2-11H,1H3. The number of ether oxygens (including phenoxy) is 1. The summed E-state index contributed by atoms with van der Waals surface area (Å²) in [4.78, 5) is 37.8. The average molecular weight is 381 g/mol. The summed E-state index contributed by atoms with van der Waals surface area (Å²) in [5.41, 5.74) is -0.781. The lowest BCUT2D eigenvalue weighted by molar-refractivity contribution is -0.131. The smallest absolute Gasteiger partial charge is 0.340 e. The van der Waals surface area contributed by atoms with Gasteiger partial charge in [0, 0.05) is 23.5 Å². The normalized spacial score (nSPS) is 11.0. The van der Waals surface area contributed by atoms with E-state index in [2.05, 4.69) is 0 Å². The van der Waals surface area contributed by atoms with Crippen LogP contribution in [0.5, 0.6) is 5.75 Å². The van der Waals surface area contributed by atoms with E-state index in [-0.39, 0.29) is 11.4 Å². The maximum atomic E-state index is 13.1. The fraction of sp³-hybridized carbons (Fsp3) is 0.0500. The summed E-state index contributed by atoms with van der Waals surface area (Å²) >= 11 is 5.89. The molecule has 2 heterocycles. The summed E-state index contributed by atoms with van der Waals surface area (Å²) in [6, 6.07) is 15.2. The largest absolute Gasteiger partial charge is 0.424 e. The van der Waals surface area contributed by atoms with Gasteiger partial charge in [-0.1, -0.05) is 35.9 Å². The van der Waals surface area contributed by atoms with Crippen LogP contribution >= 0.6 is 11.6 Å². The first kappa shape index (κ1) is 17.1. The number of benzene rings is 2. The summed E-state index contributed by atoms with van der Waals surface area (Å²) < 4.78 is 7.58. The molecule has 4 rings (SSSR count). The fourth-order valence-corrected chi connectivity index (χ4v) is 3.17. The van der Waals surface area contributed by atoms with Crippen LogP contribution in [-0.2, 0) is 4.79 Å². The molecule has 2 aromatic carbocycles. The highest BCUT2D eigenvalue weighted by atomic mass is 35.5. The Labute approximate surface area is 158 Å². The van der Waals surface area contributed by atoms with Crippen molar-refractivity contribution in [1.29, 1.82) is 0 Å². The third-order valence-electron chi connectivity index (χ3n) is 4.20. The van der Waals surface area contributed by atoms with Crippen LogP contribution in [-0.4, -0.2) is 15.1 Å². The zero-order chi connectivity index (χ0) is 19.1. The van der Waals surface area contributed by atoms with Gasteiger partial charge in [0.25, 0.3) is 5.56 Å². The monoisotopic (exact) mass is 380 g/mol. The lowest BCUT2D eigenvalue weighted by atomic mass is 10.1. The molecule has 0 aliphatic carbocycles. The average Bonchev–Trinajstić information content (AvgIpc) is 2.79. The minimum absolute atomic E-state index is 0.00801. The number of halogens is 1. The highest BCUT2D eigenvalue weighted by molar-refractivity contribution is 6.30. The molecule has 0 unspecified atom stereocenters. The molecular weight excluding hydrogens is 368 g/mol. The van der Waals surface area contributed by atoms with E-state index in [0.29, 0.717) is 16.1 Å². The molecule has 0 N–H and O–H groups in total. The Morgan fingerprint density at radius 2 is 1.70 bits per heavy atom. The van der Waals surface area contributed by atoms with Crippen molar-refractivity contribution in [3.05, 3.63) is 86.7 Å². The van der Waals surface area contributed by atoms with Crippen molar-refractivity contribution in [3.8, 4) is 17.1 Å². The molecule has 0 saturated heterocycles. The van der Waals surface area contributed by atoms with Gasteiger partial charge >= 0.3 is 11.7 Å². The Balaban J connectivity index is 2.16. The minimum Gasteiger partial charge on any atom is -0.424 e. The van der Waals surface area contributed by atoms with Gasteiger partial charge in [0.2, 0.25) is 0 Å². The molecule has 2 aromatic rings. The SMILES string of the molecule is CC(=O)Oc1c2c(=O)n(-c3ccc(Cl)cc3)c(=O)n-2ccc2ccccc12. The summed E-state index contributed by atoms with van der Waals surface area (Å²) in [5.74, 6) is -0.530. The predicted molar refractivity (Wildman–Crippen MR) is 103 cm³/mol. The molecule has 6 nitrogen and oxygen atoms in total. The predicted octanol–water partition coefficient (Wildman–Crippen LogP) is 3.16. The molecule has 2 aliphatic rings. The van der Waals surface area contributed by atoms with Gasteiger partial charge in [0.15, 0.2) is 11.4 Å². The second-order valence-electron chi connectivity index (χ2n) is 5.94. The molecule has 0 aromatic heterocycles. The van der Waals surface area contributed by atoms with Crippen LogP contribution in [0.3, 0.4) is 0 Å². The fourth-order valence-electron chi connectivity index (χ4n) is 3.04. The van der Waals surface area contributed by atoms with E-state index >= 15 is 0 Å². The van der Waals surface area contributed by atoms with E-state index in [1.54, 1.807) is 42.5 Å². The molecule has 0 spiro atoms. The van der Waals surface area contributed by atoms with Crippen LogP contribution in [0.2, 0.25) is 5.02 Å². The first-order valence-corrected chi connectivity index (χ1v) is 8.48. The van der Waals surface area contributed by atoms with E-state index < -0.39 is 17.2 Å². The highest BCUT2D eigenvalue weighted by Gasteiger charge is 2.24. The van der Waals surface area contributed by atoms with Crippen molar-refractivity contribution in [1.82, 2.24) is 9.13 Å². The van der Waals surface area contributed by atoms with E-state index in [4.69, 9.17) is 16.3 Å². The number of esters is 1. The van der Waals surface area contributed by atoms with Crippen LogP contribution in [0.15, 0.2) is 70.4 Å². The third kappa shape index (κ3) is 2.80. The Morgan fingerprint density at radius 1 is 1.00 bits per heavy atom. The lowest BCUT2D eigenvalue weighted by Crippen LogP contribution is -2.24. The van der Waals surface area contributed by atoms with E-state index in [1.165, 1.54) is 17.7 Å². The highest BCUT2D eigenvalue weighted by Crippen LogP contribution is 2.30. The Morgan fingerprint density at radius 3 is 2.41 bits per heavy atom. The number of fused-ring (bicyclic) bond motifs is 2. The van der Waals surface area contributed by atoms with Crippen molar-refractivity contribution in [2.24, 2.45) is 0 Å². The summed E-state index contributed by atoms with van der Waals surface area (Å²) in [6.07, 6.45) is 1.50. The first-order valence-electron chi connectivity index (χ1n) is 8.11. The van der Waals surface area contributed by atoms with Crippen molar-refractivity contribution in [2.75, 3.05) is 0 Å². The molecule has 0 fully saturated rings. The van der Waals surface area contributed by atoms with Gasteiger partial charge in [-0.25, -0.2) is 9.36 Å². The van der Waals surface area contributed by atoms with Crippen molar-refractivity contribution < 1.29 is 9.53 Å². The maximum Gasteiger partial charge on any atom is 0.340 e. The van der Waals surface area contributed by atoms with E-state index in [1.807, 2.05) is 12.1 Å². The number of carbonyl (C=O) groups is 1. The summed E-state index contributed by atoms with van der Waals surface area (Å²) in [6.45, 7) is 1.25. The number of nitrogens with zero attached hydrogens (tertiary/aromatic N) is 2. The van der Waals surface area contributed by atoms with Crippen LogP contribution in [0, 0.1) is 0 Å². The number of aromatic nitrogens is 2. The van der Waals surface area contributed by atoms with Gasteiger partial charge in [0.1, 0.15) is 0 Å². The molecule has 0 amide bonds. The Kier molecular flexibility index (Phi) is 4.05. The number of hydrogen-bond donors (Lipinski definition) is 0. The van der Waals surface area contributed by atoms with Gasteiger partial charge in [-0.05, 0) is 35.7 Å². The van der Waals surface area contributed by atoms with Crippen LogP contribution < -0.4 is 16.0 Å². The molecule has 27 heavy (non-hydrogen) atoms. The molecule has 7 heteroatoms. The van der Waals surface area contributed by atoms with Crippen molar-refractivity contribution in [3.63, 3.8) is 0 Å². The molecule has 0 bridgehead atoms. The summed E-state index contributed by atoms with van der Waals surface area (Å²) in [5, 5.41) is 1.77. The van der Waals surface area contributed by atoms with Crippen LogP contribution in [0.1, 0.15) is 6.92 Å². The lowest BCUT2D eigenvalue weighted by Gasteiger charge is -2.05. The Hall–Kier alpha value is -3.38. The zero-order valence-electron chi connectivity index (χ0n) is 14.2. The minimum atomic E-state index is -0.584. The number of imidazole rings is 1. The van der Waals surface area contributed by atoms with Gasteiger partial charge in [-0.2, -0.15) is 0 Å². The number of carbonyl (C=O) groups excluding carboxylic acids is 1. The van der Waals surface area contributed by atoms with Crippen molar-refractivity contribution >= 4 is 28.3 Å². The second-order valence-corrected chi connectivity index (χ2v) is 6.38. The molecule has 0 radical (unpaired) electrons. The quantitative estimate of drug-likeness (QED) is 0.501. The number of rotatable bonds is 2. The molecule has 0 saturated carbocycles. The first-order chi connectivity index (χ1) is 13.0. The Bertz CT molecular complexity index is 1270. The molecular formula is C20H13ClN2O4. The third-order valence-corrected chi connectivity index (χ3v) is 4.45. The van der Waals surface area contributed by atoms with Crippen molar-refractivity contribution in [2.45, 2.75) is 6.92 Å². The van der Waals surface area contributed by atoms with E-state index in [0.717, 1.165) is 9.95 Å².